The lowest BCUT2D eigenvalue weighted by Crippen LogP contribution is -2.15. The molecule has 1 aromatic carbocycles. The maximum absolute atomic E-state index is 12.2. The van der Waals surface area contributed by atoms with Crippen LogP contribution in [0.5, 0.6) is 0 Å². The number of hydrogen-bond acceptors (Lipinski definition) is 4. The number of nitrogens with zero attached hydrogens (tertiary/aromatic N) is 1. The van der Waals surface area contributed by atoms with Gasteiger partial charge in [0.05, 0.1) is 23.5 Å². The SMILES string of the molecule is Cc1cc(Cl)c(NS(=O)(=O)c2[nH]ncc2CO)cc1Cl. The standard InChI is InChI=1S/C11H11Cl2N3O3S/c1-6-2-9(13)10(3-8(6)12)16-20(18,19)11-7(5-17)4-14-15-11/h2-4,16-17H,5H2,1H3,(H,14,15). The summed E-state index contributed by atoms with van der Waals surface area (Å²) in [6, 6.07) is 2.98. The van der Waals surface area contributed by atoms with Gasteiger partial charge < -0.3 is 5.11 Å². The van der Waals surface area contributed by atoms with Crippen LogP contribution in [0.1, 0.15) is 11.1 Å². The van der Waals surface area contributed by atoms with E-state index in [-0.39, 0.29) is 21.3 Å². The van der Waals surface area contributed by atoms with Crippen molar-refractivity contribution in [3.63, 3.8) is 0 Å². The van der Waals surface area contributed by atoms with Gasteiger partial charge in [0.25, 0.3) is 10.0 Å². The molecule has 0 atom stereocenters. The van der Waals surface area contributed by atoms with Crippen LogP contribution in [-0.2, 0) is 16.6 Å². The van der Waals surface area contributed by atoms with Crippen molar-refractivity contribution in [2.75, 3.05) is 4.72 Å². The minimum absolute atomic E-state index is 0.153. The quantitative estimate of drug-likeness (QED) is 0.798. The summed E-state index contributed by atoms with van der Waals surface area (Å²) in [4.78, 5) is 0. The molecule has 0 fully saturated rings. The van der Waals surface area contributed by atoms with Crippen molar-refractivity contribution in [3.05, 3.63) is 39.5 Å². The zero-order chi connectivity index (χ0) is 14.9. The number of anilines is 1. The predicted molar refractivity (Wildman–Crippen MR) is 76.5 cm³/mol. The third-order valence-corrected chi connectivity index (χ3v) is 4.71. The number of halogens is 2. The van der Waals surface area contributed by atoms with E-state index in [4.69, 9.17) is 28.3 Å². The molecule has 2 rings (SSSR count). The molecular weight excluding hydrogens is 325 g/mol. The second kappa shape index (κ2) is 5.61. The van der Waals surface area contributed by atoms with Gasteiger partial charge in [-0.15, -0.1) is 0 Å². The van der Waals surface area contributed by atoms with E-state index in [0.29, 0.717) is 5.02 Å². The van der Waals surface area contributed by atoms with Gasteiger partial charge in [0.2, 0.25) is 0 Å². The molecule has 1 aromatic heterocycles. The van der Waals surface area contributed by atoms with E-state index in [1.807, 2.05) is 0 Å². The van der Waals surface area contributed by atoms with Crippen molar-refractivity contribution in [1.82, 2.24) is 10.2 Å². The summed E-state index contributed by atoms with van der Waals surface area (Å²) in [6.07, 6.45) is 1.23. The van der Waals surface area contributed by atoms with Crippen LogP contribution >= 0.6 is 23.2 Å². The van der Waals surface area contributed by atoms with Gasteiger partial charge >= 0.3 is 0 Å². The number of rotatable bonds is 4. The van der Waals surface area contributed by atoms with E-state index in [1.54, 1.807) is 13.0 Å². The largest absolute Gasteiger partial charge is 0.392 e. The number of aryl methyl sites for hydroxylation is 1. The predicted octanol–water partition coefficient (Wildman–Crippen LogP) is 2.32. The Morgan fingerprint density at radius 3 is 2.70 bits per heavy atom. The van der Waals surface area contributed by atoms with Gasteiger partial charge in [0.1, 0.15) is 0 Å². The molecule has 3 N–H and O–H groups in total. The molecule has 9 heteroatoms. The van der Waals surface area contributed by atoms with Gasteiger partial charge in [-0.25, -0.2) is 0 Å². The molecular formula is C11H11Cl2N3O3S. The number of hydrogen-bond donors (Lipinski definition) is 3. The lowest BCUT2D eigenvalue weighted by atomic mass is 10.2. The fourth-order valence-corrected chi connectivity index (χ4v) is 3.25. The van der Waals surface area contributed by atoms with E-state index in [2.05, 4.69) is 14.9 Å². The maximum atomic E-state index is 12.2. The third kappa shape index (κ3) is 2.90. The molecule has 20 heavy (non-hydrogen) atoms. The van der Waals surface area contributed by atoms with E-state index < -0.39 is 16.6 Å². The Labute approximate surface area is 125 Å². The van der Waals surface area contributed by atoms with Crippen LogP contribution in [0.25, 0.3) is 0 Å². The van der Waals surface area contributed by atoms with Crippen molar-refractivity contribution in [2.45, 2.75) is 18.6 Å². The second-order valence-corrected chi connectivity index (χ2v) is 6.50. The maximum Gasteiger partial charge on any atom is 0.279 e. The van der Waals surface area contributed by atoms with Crippen LogP contribution in [0.4, 0.5) is 5.69 Å². The van der Waals surface area contributed by atoms with Crippen molar-refractivity contribution < 1.29 is 13.5 Å². The fourth-order valence-electron chi connectivity index (χ4n) is 1.56. The lowest BCUT2D eigenvalue weighted by molar-refractivity contribution is 0.278. The number of aliphatic hydroxyl groups is 1. The van der Waals surface area contributed by atoms with Gasteiger partial charge in [-0.05, 0) is 24.6 Å². The van der Waals surface area contributed by atoms with Crippen LogP contribution in [0.3, 0.4) is 0 Å². The van der Waals surface area contributed by atoms with Crippen LogP contribution in [0.2, 0.25) is 10.0 Å². The monoisotopic (exact) mass is 335 g/mol. The molecule has 0 radical (unpaired) electrons. The Morgan fingerprint density at radius 1 is 1.35 bits per heavy atom. The topological polar surface area (TPSA) is 95.1 Å². The smallest absolute Gasteiger partial charge is 0.279 e. The molecule has 0 aliphatic carbocycles. The minimum Gasteiger partial charge on any atom is -0.392 e. The van der Waals surface area contributed by atoms with Gasteiger partial charge in [-0.3, -0.25) is 9.82 Å². The van der Waals surface area contributed by atoms with Crippen LogP contribution in [0.15, 0.2) is 23.4 Å². The molecule has 1 heterocycles. The Hall–Kier alpha value is -1.28. The molecule has 0 saturated carbocycles. The van der Waals surface area contributed by atoms with Crippen LogP contribution in [0, 0.1) is 6.92 Å². The van der Waals surface area contributed by atoms with Crippen molar-refractivity contribution in [3.8, 4) is 0 Å². The van der Waals surface area contributed by atoms with E-state index in [9.17, 15) is 8.42 Å². The number of aromatic nitrogens is 2. The Morgan fingerprint density at radius 2 is 2.05 bits per heavy atom. The zero-order valence-corrected chi connectivity index (χ0v) is 12.6. The van der Waals surface area contributed by atoms with Gasteiger partial charge in [0, 0.05) is 10.6 Å². The molecule has 108 valence electrons. The van der Waals surface area contributed by atoms with E-state index >= 15 is 0 Å². The Kier molecular flexibility index (Phi) is 4.24. The zero-order valence-electron chi connectivity index (χ0n) is 10.3. The Bertz CT molecular complexity index is 743. The average Bonchev–Trinajstić information content (AvgIpc) is 2.84. The first kappa shape index (κ1) is 15.1. The highest BCUT2D eigenvalue weighted by Gasteiger charge is 2.22. The molecule has 0 unspecified atom stereocenters. The lowest BCUT2D eigenvalue weighted by Gasteiger charge is -2.10. The number of aliphatic hydroxyl groups excluding tert-OH is 1. The molecule has 0 spiro atoms. The highest BCUT2D eigenvalue weighted by molar-refractivity contribution is 7.92. The summed E-state index contributed by atoms with van der Waals surface area (Å²) in [5, 5.41) is 15.4. The van der Waals surface area contributed by atoms with Crippen molar-refractivity contribution >= 4 is 38.9 Å². The highest BCUT2D eigenvalue weighted by Crippen LogP contribution is 2.30. The number of sulfonamides is 1. The first-order chi connectivity index (χ1) is 9.35. The Balaban J connectivity index is 2.41. The van der Waals surface area contributed by atoms with Gasteiger partial charge in [0.15, 0.2) is 5.03 Å². The summed E-state index contributed by atoms with van der Waals surface area (Å²) in [6.45, 7) is 1.31. The number of H-pyrrole nitrogens is 1. The normalized spacial score (nSPS) is 11.6. The number of benzene rings is 1. The van der Waals surface area contributed by atoms with Crippen molar-refractivity contribution in [2.24, 2.45) is 0 Å². The molecule has 0 aliphatic rings. The molecule has 0 saturated heterocycles. The summed E-state index contributed by atoms with van der Waals surface area (Å²) in [5.74, 6) is 0. The van der Waals surface area contributed by atoms with Gasteiger partial charge in [-0.1, -0.05) is 23.2 Å². The summed E-state index contributed by atoms with van der Waals surface area (Å²) in [5.41, 5.74) is 1.05. The average molecular weight is 336 g/mol. The molecule has 0 amide bonds. The summed E-state index contributed by atoms with van der Waals surface area (Å²) in [7, 11) is -3.94. The second-order valence-electron chi connectivity index (χ2n) is 4.07. The molecule has 2 aromatic rings. The van der Waals surface area contributed by atoms with E-state index in [1.165, 1.54) is 12.3 Å². The first-order valence-electron chi connectivity index (χ1n) is 5.46. The van der Waals surface area contributed by atoms with Crippen LogP contribution in [-0.4, -0.2) is 23.7 Å². The summed E-state index contributed by atoms with van der Waals surface area (Å²) < 4.78 is 26.7. The van der Waals surface area contributed by atoms with Crippen molar-refractivity contribution in [1.29, 1.82) is 0 Å². The highest BCUT2D eigenvalue weighted by atomic mass is 35.5. The molecule has 0 aliphatic heterocycles. The van der Waals surface area contributed by atoms with Gasteiger partial charge in [-0.2, -0.15) is 13.5 Å². The molecule has 0 bridgehead atoms. The fraction of sp³-hybridized carbons (Fsp3) is 0.182. The van der Waals surface area contributed by atoms with E-state index in [0.717, 1.165) is 5.56 Å². The minimum atomic E-state index is -3.94. The number of nitrogens with one attached hydrogen (secondary N) is 2. The third-order valence-electron chi connectivity index (χ3n) is 2.61. The number of aromatic amines is 1. The first-order valence-corrected chi connectivity index (χ1v) is 7.70. The molecule has 6 nitrogen and oxygen atoms in total. The summed E-state index contributed by atoms with van der Waals surface area (Å²) >= 11 is 11.9. The van der Waals surface area contributed by atoms with Crippen LogP contribution < -0.4 is 4.72 Å².